The molecule has 6 nitrogen and oxygen atoms in total. The molecule has 1 aromatic heterocycles. The molecule has 0 spiro atoms. The highest BCUT2D eigenvalue weighted by molar-refractivity contribution is 6.33. The first kappa shape index (κ1) is 21.0. The van der Waals surface area contributed by atoms with Crippen LogP contribution in [0.3, 0.4) is 0 Å². The standard InChI is InChI=1S/C19H20ClF3N4O2/c20-15-3-1-2-4-16(15)26-7-9-27(10-8-26)18(28)25-12-14-5-6-24-17(11-14)29-13-19(21,22)23/h1-6,11H,7-10,12-13H2,(H,25,28). The molecule has 156 valence electrons. The molecule has 2 heterocycles. The van der Waals surface area contributed by atoms with Crippen LogP contribution < -0.4 is 15.0 Å². The molecule has 1 aliphatic rings. The van der Waals surface area contributed by atoms with Crippen LogP contribution in [0.15, 0.2) is 42.6 Å². The number of alkyl halides is 3. The van der Waals surface area contributed by atoms with Gasteiger partial charge in [-0.1, -0.05) is 23.7 Å². The lowest BCUT2D eigenvalue weighted by Gasteiger charge is -2.36. The number of hydrogen-bond acceptors (Lipinski definition) is 4. The Morgan fingerprint density at radius 2 is 1.90 bits per heavy atom. The predicted molar refractivity (Wildman–Crippen MR) is 103 cm³/mol. The number of urea groups is 1. The average Bonchev–Trinajstić information content (AvgIpc) is 2.71. The van der Waals surface area contributed by atoms with E-state index in [0.29, 0.717) is 36.8 Å². The molecular weight excluding hydrogens is 409 g/mol. The van der Waals surface area contributed by atoms with Crippen LogP contribution >= 0.6 is 11.6 Å². The lowest BCUT2D eigenvalue weighted by atomic mass is 10.2. The molecular formula is C19H20ClF3N4O2. The number of benzene rings is 1. The van der Waals surface area contributed by atoms with Crippen molar-refractivity contribution >= 4 is 23.3 Å². The molecule has 0 unspecified atom stereocenters. The number of amides is 2. The van der Waals surface area contributed by atoms with E-state index >= 15 is 0 Å². The number of para-hydroxylation sites is 1. The van der Waals surface area contributed by atoms with Gasteiger partial charge in [-0.2, -0.15) is 13.2 Å². The second-order valence-electron chi connectivity index (χ2n) is 6.49. The number of halogens is 4. The van der Waals surface area contributed by atoms with E-state index < -0.39 is 12.8 Å². The molecule has 0 bridgehead atoms. The molecule has 3 rings (SSSR count). The zero-order valence-electron chi connectivity index (χ0n) is 15.5. The summed E-state index contributed by atoms with van der Waals surface area (Å²) < 4.78 is 41.3. The number of pyridine rings is 1. The lowest BCUT2D eigenvalue weighted by Crippen LogP contribution is -2.51. The molecule has 2 amide bonds. The van der Waals surface area contributed by atoms with Gasteiger partial charge in [-0.15, -0.1) is 0 Å². The van der Waals surface area contributed by atoms with Crippen molar-refractivity contribution in [2.24, 2.45) is 0 Å². The maximum atomic E-state index is 12.4. The van der Waals surface area contributed by atoms with Crippen LogP contribution in [0.1, 0.15) is 5.56 Å². The van der Waals surface area contributed by atoms with E-state index in [2.05, 4.69) is 19.9 Å². The average molecular weight is 429 g/mol. The number of rotatable bonds is 5. The van der Waals surface area contributed by atoms with Gasteiger partial charge in [0.15, 0.2) is 6.61 Å². The summed E-state index contributed by atoms with van der Waals surface area (Å²) in [5.74, 6) is -0.137. The third-order valence-electron chi connectivity index (χ3n) is 4.39. The first-order valence-electron chi connectivity index (χ1n) is 8.98. The molecule has 0 saturated carbocycles. The molecule has 2 aromatic rings. The van der Waals surface area contributed by atoms with Gasteiger partial charge in [0.1, 0.15) is 0 Å². The second-order valence-corrected chi connectivity index (χ2v) is 6.90. The second kappa shape index (κ2) is 9.21. The molecule has 29 heavy (non-hydrogen) atoms. The summed E-state index contributed by atoms with van der Waals surface area (Å²) in [7, 11) is 0. The summed E-state index contributed by atoms with van der Waals surface area (Å²) in [5.41, 5.74) is 1.54. The summed E-state index contributed by atoms with van der Waals surface area (Å²) in [4.78, 5) is 20.0. The van der Waals surface area contributed by atoms with E-state index in [1.165, 1.54) is 12.3 Å². The molecule has 0 radical (unpaired) electrons. The molecule has 1 N–H and O–H groups in total. The van der Waals surface area contributed by atoms with Crippen LogP contribution in [0.25, 0.3) is 0 Å². The Balaban J connectivity index is 1.47. The number of anilines is 1. The topological polar surface area (TPSA) is 57.7 Å². The van der Waals surface area contributed by atoms with Crippen LogP contribution in [0.5, 0.6) is 5.88 Å². The Bertz CT molecular complexity index is 842. The van der Waals surface area contributed by atoms with E-state index in [-0.39, 0.29) is 18.5 Å². The molecule has 1 fully saturated rings. The summed E-state index contributed by atoms with van der Waals surface area (Å²) in [6.45, 7) is 1.13. The van der Waals surface area contributed by atoms with Gasteiger partial charge in [0.2, 0.25) is 5.88 Å². The predicted octanol–water partition coefficient (Wildman–Crippen LogP) is 3.71. The van der Waals surface area contributed by atoms with Gasteiger partial charge in [0.05, 0.1) is 10.7 Å². The van der Waals surface area contributed by atoms with Crippen molar-refractivity contribution in [2.45, 2.75) is 12.7 Å². The molecule has 1 aromatic carbocycles. The molecule has 0 aliphatic carbocycles. The van der Waals surface area contributed by atoms with Gasteiger partial charge >= 0.3 is 12.2 Å². The fourth-order valence-electron chi connectivity index (χ4n) is 2.94. The van der Waals surface area contributed by atoms with Crippen molar-refractivity contribution in [3.8, 4) is 5.88 Å². The number of piperazine rings is 1. The molecule has 10 heteroatoms. The quantitative estimate of drug-likeness (QED) is 0.788. The fourth-order valence-corrected chi connectivity index (χ4v) is 3.20. The molecule has 1 saturated heterocycles. The van der Waals surface area contributed by atoms with Gasteiger partial charge < -0.3 is 19.9 Å². The van der Waals surface area contributed by atoms with E-state index in [4.69, 9.17) is 11.6 Å². The maximum Gasteiger partial charge on any atom is 0.422 e. The van der Waals surface area contributed by atoms with Crippen LogP contribution in [0, 0.1) is 0 Å². The first-order chi connectivity index (χ1) is 13.8. The van der Waals surface area contributed by atoms with Crippen molar-refractivity contribution in [3.05, 3.63) is 53.2 Å². The highest BCUT2D eigenvalue weighted by Crippen LogP contribution is 2.26. The largest absolute Gasteiger partial charge is 0.468 e. The Morgan fingerprint density at radius 1 is 1.17 bits per heavy atom. The fraction of sp³-hybridized carbons (Fsp3) is 0.368. The number of aromatic nitrogens is 1. The number of nitrogens with zero attached hydrogens (tertiary/aromatic N) is 3. The Kier molecular flexibility index (Phi) is 6.68. The number of nitrogens with one attached hydrogen (secondary N) is 1. The van der Waals surface area contributed by atoms with E-state index in [1.54, 1.807) is 11.0 Å². The maximum absolute atomic E-state index is 12.4. The minimum atomic E-state index is -4.43. The highest BCUT2D eigenvalue weighted by Gasteiger charge is 2.28. The molecule has 1 aliphatic heterocycles. The van der Waals surface area contributed by atoms with Crippen LogP contribution in [-0.2, 0) is 6.54 Å². The van der Waals surface area contributed by atoms with Crippen molar-refractivity contribution in [1.29, 1.82) is 0 Å². The summed E-state index contributed by atoms with van der Waals surface area (Å²) >= 11 is 6.22. The Morgan fingerprint density at radius 3 is 2.59 bits per heavy atom. The summed E-state index contributed by atoms with van der Waals surface area (Å²) in [6.07, 6.45) is -3.09. The number of carbonyl (C=O) groups is 1. The summed E-state index contributed by atoms with van der Waals surface area (Å²) in [6, 6.07) is 10.3. The SMILES string of the molecule is O=C(NCc1ccnc(OCC(F)(F)F)c1)N1CCN(c2ccccc2Cl)CC1. The minimum Gasteiger partial charge on any atom is -0.468 e. The van der Waals surface area contributed by atoms with Crippen molar-refractivity contribution in [3.63, 3.8) is 0 Å². The van der Waals surface area contributed by atoms with Gasteiger partial charge in [-0.3, -0.25) is 0 Å². The van der Waals surface area contributed by atoms with Crippen LogP contribution in [0.4, 0.5) is 23.7 Å². The zero-order chi connectivity index (χ0) is 20.9. The Hall–Kier alpha value is -2.68. The van der Waals surface area contributed by atoms with Crippen LogP contribution in [0.2, 0.25) is 5.02 Å². The summed E-state index contributed by atoms with van der Waals surface area (Å²) in [5, 5.41) is 3.44. The van der Waals surface area contributed by atoms with Gasteiger partial charge in [-0.05, 0) is 23.8 Å². The van der Waals surface area contributed by atoms with Gasteiger partial charge in [-0.25, -0.2) is 9.78 Å². The van der Waals surface area contributed by atoms with E-state index in [1.807, 2.05) is 24.3 Å². The minimum absolute atomic E-state index is 0.137. The van der Waals surface area contributed by atoms with Gasteiger partial charge in [0.25, 0.3) is 0 Å². The normalized spacial score (nSPS) is 14.6. The number of ether oxygens (including phenoxy) is 1. The Labute approximate surface area is 171 Å². The smallest absolute Gasteiger partial charge is 0.422 e. The van der Waals surface area contributed by atoms with Crippen molar-refractivity contribution < 1.29 is 22.7 Å². The first-order valence-corrected chi connectivity index (χ1v) is 9.36. The monoisotopic (exact) mass is 428 g/mol. The van der Waals surface area contributed by atoms with Gasteiger partial charge in [0, 0.05) is 45.0 Å². The van der Waals surface area contributed by atoms with Crippen LogP contribution in [-0.4, -0.2) is 54.9 Å². The van der Waals surface area contributed by atoms with Crippen molar-refractivity contribution in [2.75, 3.05) is 37.7 Å². The zero-order valence-corrected chi connectivity index (χ0v) is 16.2. The third-order valence-corrected chi connectivity index (χ3v) is 4.71. The number of hydrogen-bond donors (Lipinski definition) is 1. The molecule has 0 atom stereocenters. The van der Waals surface area contributed by atoms with E-state index in [0.717, 1.165) is 5.69 Å². The van der Waals surface area contributed by atoms with E-state index in [9.17, 15) is 18.0 Å². The third kappa shape index (κ3) is 6.15. The van der Waals surface area contributed by atoms with Crippen molar-refractivity contribution in [1.82, 2.24) is 15.2 Å². The lowest BCUT2D eigenvalue weighted by molar-refractivity contribution is -0.154. The number of carbonyl (C=O) groups excluding carboxylic acids is 1. The highest BCUT2D eigenvalue weighted by atomic mass is 35.5.